The molecule has 2 aromatic rings. The minimum Gasteiger partial charge on any atom is -0.469 e. The molecule has 0 saturated heterocycles. The molecular weight excluding hydrogens is 392 g/mol. The molecule has 0 saturated carbocycles. The topological polar surface area (TPSA) is 102 Å². The van der Waals surface area contributed by atoms with E-state index in [1.165, 1.54) is 56.9 Å². The Kier molecular flexibility index (Phi) is 7.08. The van der Waals surface area contributed by atoms with E-state index in [2.05, 4.69) is 10.1 Å². The van der Waals surface area contributed by atoms with Crippen molar-refractivity contribution in [2.75, 3.05) is 21.3 Å². The van der Waals surface area contributed by atoms with Crippen molar-refractivity contribution in [3.63, 3.8) is 0 Å². The summed E-state index contributed by atoms with van der Waals surface area (Å²) in [6, 6.07) is 8.54. The summed E-state index contributed by atoms with van der Waals surface area (Å²) >= 11 is 1.41. The number of rotatable bonds is 8. The number of ether oxygens (including phenoxy) is 1. The molecule has 1 heterocycles. The highest BCUT2D eigenvalue weighted by molar-refractivity contribution is 7.89. The summed E-state index contributed by atoms with van der Waals surface area (Å²) in [5.41, 5.74) is 0.264. The zero-order chi connectivity index (χ0) is 20.0. The SMILES string of the molecule is COC(=O)CC(NC(=O)c1ccc(S(=O)(=O)N(C)OC)cc1)c1cccs1. The molecule has 1 N–H and O–H groups in total. The van der Waals surface area contributed by atoms with E-state index in [0.717, 1.165) is 9.35 Å². The lowest BCUT2D eigenvalue weighted by Gasteiger charge is -2.17. The molecule has 0 aliphatic rings. The minimum atomic E-state index is -3.79. The highest BCUT2D eigenvalue weighted by atomic mass is 32.2. The van der Waals surface area contributed by atoms with E-state index in [1.807, 2.05) is 17.5 Å². The Morgan fingerprint density at radius 2 is 1.85 bits per heavy atom. The first-order chi connectivity index (χ1) is 12.8. The first kappa shape index (κ1) is 21.0. The van der Waals surface area contributed by atoms with Crippen molar-refractivity contribution in [1.82, 2.24) is 9.79 Å². The maximum absolute atomic E-state index is 12.5. The summed E-state index contributed by atoms with van der Waals surface area (Å²) < 4.78 is 29.8. The summed E-state index contributed by atoms with van der Waals surface area (Å²) in [6.07, 6.45) is -0.00610. The lowest BCUT2D eigenvalue weighted by Crippen LogP contribution is -2.30. The third-order valence-electron chi connectivity index (χ3n) is 3.80. The van der Waals surface area contributed by atoms with Crippen LogP contribution in [0.15, 0.2) is 46.7 Å². The van der Waals surface area contributed by atoms with Gasteiger partial charge in [0.25, 0.3) is 15.9 Å². The maximum atomic E-state index is 12.5. The Balaban J connectivity index is 2.17. The number of carbonyl (C=O) groups is 2. The van der Waals surface area contributed by atoms with Crippen LogP contribution in [-0.2, 0) is 24.4 Å². The number of nitrogens with one attached hydrogen (secondary N) is 1. The van der Waals surface area contributed by atoms with Crippen LogP contribution in [0.25, 0.3) is 0 Å². The highest BCUT2D eigenvalue weighted by Crippen LogP contribution is 2.23. The molecular formula is C17H20N2O6S2. The fourth-order valence-electron chi connectivity index (χ4n) is 2.23. The molecule has 1 atom stereocenters. The number of methoxy groups -OCH3 is 1. The van der Waals surface area contributed by atoms with E-state index < -0.39 is 27.9 Å². The van der Waals surface area contributed by atoms with Crippen LogP contribution in [0.5, 0.6) is 0 Å². The Morgan fingerprint density at radius 1 is 1.19 bits per heavy atom. The summed E-state index contributed by atoms with van der Waals surface area (Å²) in [6.45, 7) is 0. The molecule has 0 radical (unpaired) electrons. The van der Waals surface area contributed by atoms with Gasteiger partial charge in [-0.1, -0.05) is 10.5 Å². The van der Waals surface area contributed by atoms with Crippen LogP contribution in [0.3, 0.4) is 0 Å². The lowest BCUT2D eigenvalue weighted by molar-refractivity contribution is -0.141. The monoisotopic (exact) mass is 412 g/mol. The second kappa shape index (κ2) is 9.09. The van der Waals surface area contributed by atoms with Gasteiger partial charge in [-0.2, -0.15) is 0 Å². The quantitative estimate of drug-likeness (QED) is 0.525. The standard InChI is InChI=1S/C17H20N2O6S2/c1-19(25-3)27(22,23)13-8-6-12(7-9-13)17(21)18-14(11-16(20)24-2)15-5-4-10-26-15/h4-10,14H,11H2,1-3H3,(H,18,21). The molecule has 0 spiro atoms. The van der Waals surface area contributed by atoms with Crippen LogP contribution in [0.1, 0.15) is 27.7 Å². The average molecular weight is 412 g/mol. The number of sulfonamides is 1. The van der Waals surface area contributed by atoms with Crippen molar-refractivity contribution >= 4 is 33.2 Å². The van der Waals surface area contributed by atoms with Gasteiger partial charge in [0.15, 0.2) is 0 Å². The van der Waals surface area contributed by atoms with Gasteiger partial charge >= 0.3 is 5.97 Å². The maximum Gasteiger partial charge on any atom is 0.307 e. The van der Waals surface area contributed by atoms with Gasteiger partial charge in [-0.15, -0.1) is 11.3 Å². The minimum absolute atomic E-state index is 0.00610. The molecule has 1 unspecified atom stereocenters. The molecule has 1 aromatic heterocycles. The predicted molar refractivity (Wildman–Crippen MR) is 99.6 cm³/mol. The first-order valence-corrected chi connectivity index (χ1v) is 10.2. The Hall–Kier alpha value is -2.27. The highest BCUT2D eigenvalue weighted by Gasteiger charge is 2.23. The molecule has 0 aliphatic heterocycles. The molecule has 0 bridgehead atoms. The van der Waals surface area contributed by atoms with Crippen LogP contribution >= 0.6 is 11.3 Å². The van der Waals surface area contributed by atoms with Gasteiger partial charge in [0.1, 0.15) is 0 Å². The molecule has 146 valence electrons. The number of hydrogen-bond donors (Lipinski definition) is 1. The summed E-state index contributed by atoms with van der Waals surface area (Å²) in [5.74, 6) is -0.876. The van der Waals surface area contributed by atoms with Crippen molar-refractivity contribution in [2.45, 2.75) is 17.4 Å². The molecule has 0 fully saturated rings. The third kappa shape index (κ3) is 5.13. The average Bonchev–Trinajstić information content (AvgIpc) is 3.21. The van der Waals surface area contributed by atoms with Gasteiger partial charge in [-0.25, -0.2) is 8.42 Å². The van der Waals surface area contributed by atoms with Gasteiger partial charge in [0.2, 0.25) is 0 Å². The van der Waals surface area contributed by atoms with Gasteiger partial charge in [-0.3, -0.25) is 14.4 Å². The second-order valence-electron chi connectivity index (χ2n) is 5.44. The number of carbonyl (C=O) groups excluding carboxylic acids is 2. The Bertz CT molecular complexity index is 879. The van der Waals surface area contributed by atoms with E-state index in [9.17, 15) is 18.0 Å². The van der Waals surface area contributed by atoms with E-state index in [0.29, 0.717) is 0 Å². The van der Waals surface area contributed by atoms with E-state index in [1.54, 1.807) is 0 Å². The van der Waals surface area contributed by atoms with Crippen LogP contribution in [0.2, 0.25) is 0 Å². The van der Waals surface area contributed by atoms with Crippen molar-refractivity contribution in [3.05, 3.63) is 52.2 Å². The number of thiophene rings is 1. The van der Waals surface area contributed by atoms with Crippen molar-refractivity contribution < 1.29 is 27.6 Å². The Morgan fingerprint density at radius 3 is 2.37 bits per heavy atom. The molecule has 8 nitrogen and oxygen atoms in total. The molecule has 2 rings (SSSR count). The number of hydrogen-bond acceptors (Lipinski definition) is 7. The fourth-order valence-corrected chi connectivity index (χ4v) is 3.98. The largest absolute Gasteiger partial charge is 0.469 e. The van der Waals surface area contributed by atoms with Gasteiger partial charge < -0.3 is 10.1 Å². The zero-order valence-corrected chi connectivity index (χ0v) is 16.7. The summed E-state index contributed by atoms with van der Waals surface area (Å²) in [7, 11) is 0.00780. The smallest absolute Gasteiger partial charge is 0.307 e. The van der Waals surface area contributed by atoms with E-state index in [4.69, 9.17) is 4.84 Å². The molecule has 1 amide bonds. The van der Waals surface area contributed by atoms with Crippen LogP contribution in [0.4, 0.5) is 0 Å². The third-order valence-corrected chi connectivity index (χ3v) is 6.48. The first-order valence-electron chi connectivity index (χ1n) is 7.83. The van der Waals surface area contributed by atoms with Gasteiger partial charge in [0, 0.05) is 17.5 Å². The fraction of sp³-hybridized carbons (Fsp3) is 0.294. The molecule has 1 aromatic carbocycles. The van der Waals surface area contributed by atoms with E-state index in [-0.39, 0.29) is 16.9 Å². The number of hydroxylamine groups is 1. The van der Waals surface area contributed by atoms with Gasteiger partial charge in [0.05, 0.1) is 31.6 Å². The normalized spacial score (nSPS) is 12.6. The number of esters is 1. The van der Waals surface area contributed by atoms with Gasteiger partial charge in [-0.05, 0) is 35.7 Å². The number of amides is 1. The molecule has 0 aliphatic carbocycles. The molecule has 10 heteroatoms. The second-order valence-corrected chi connectivity index (χ2v) is 8.36. The molecule has 27 heavy (non-hydrogen) atoms. The predicted octanol–water partition coefficient (Wildman–Crippen LogP) is 1.96. The van der Waals surface area contributed by atoms with Crippen molar-refractivity contribution in [2.24, 2.45) is 0 Å². The summed E-state index contributed by atoms with van der Waals surface area (Å²) in [5, 5.41) is 4.62. The zero-order valence-electron chi connectivity index (χ0n) is 15.0. The van der Waals surface area contributed by atoms with Crippen LogP contribution in [-0.4, -0.2) is 46.0 Å². The van der Waals surface area contributed by atoms with Crippen molar-refractivity contribution in [3.8, 4) is 0 Å². The van der Waals surface area contributed by atoms with E-state index >= 15 is 0 Å². The summed E-state index contributed by atoms with van der Waals surface area (Å²) in [4.78, 5) is 29.7. The van der Waals surface area contributed by atoms with Crippen LogP contribution in [0, 0.1) is 0 Å². The van der Waals surface area contributed by atoms with Crippen LogP contribution < -0.4 is 5.32 Å². The lowest BCUT2D eigenvalue weighted by atomic mass is 10.1. The number of benzene rings is 1. The number of nitrogens with zero attached hydrogens (tertiary/aromatic N) is 1. The van der Waals surface area contributed by atoms with Crippen molar-refractivity contribution in [1.29, 1.82) is 0 Å². The Labute approximate surface area is 161 Å².